The molecule has 1 amide bonds. The summed E-state index contributed by atoms with van der Waals surface area (Å²) in [5.74, 6) is 6.64. The normalized spacial score (nSPS) is 39.7. The third-order valence-electron chi connectivity index (χ3n) is 22.7. The van der Waals surface area contributed by atoms with E-state index in [-0.39, 0.29) is 90.9 Å². The van der Waals surface area contributed by atoms with Gasteiger partial charge in [-0.25, -0.2) is 5.06 Å². The summed E-state index contributed by atoms with van der Waals surface area (Å²) in [6.45, 7) is 14.0. The van der Waals surface area contributed by atoms with Gasteiger partial charge >= 0.3 is 23.1 Å². The first-order valence-corrected chi connectivity index (χ1v) is 27.9. The topological polar surface area (TPSA) is 87.1 Å². The molecule has 6 nitrogen and oxygen atoms in total. The number of carbonyl (C=O) groups is 2. The van der Waals surface area contributed by atoms with E-state index >= 15 is 0 Å². The molecule has 16 atom stereocenters. The molecule has 8 fully saturated rings. The molecule has 0 unspecified atom stereocenters. The smallest absolute Gasteiger partial charge is 1.00 e. The summed E-state index contributed by atoms with van der Waals surface area (Å²) < 4.78 is 0. The summed E-state index contributed by atoms with van der Waals surface area (Å²) in [4.78, 5) is 32.0. The molecule has 8 aliphatic carbocycles. The summed E-state index contributed by atoms with van der Waals surface area (Å²) in [6.07, 6.45) is 20.7. The van der Waals surface area contributed by atoms with E-state index in [2.05, 4.69) is 101 Å². The Morgan fingerprint density at radius 1 is 0.547 bits per heavy atom. The van der Waals surface area contributed by atoms with Gasteiger partial charge < -0.3 is 27.2 Å². The van der Waals surface area contributed by atoms with Crippen LogP contribution in [0.3, 0.4) is 0 Å². The number of ketones is 1. The van der Waals surface area contributed by atoms with E-state index < -0.39 is 11.2 Å². The largest absolute Gasteiger partial charge is 2.00 e. The van der Waals surface area contributed by atoms with Gasteiger partial charge in [0.25, 0.3) is 0 Å². The first-order chi connectivity index (χ1) is 33.3. The SMILES string of the molecule is C.C.C.CON(C)C(=O)[C@H]1CC[C@H]2[C@@H]3CC[C@@H]4C[C@](C)(O)CC[C@]4(C)[C@H]3CC[C@]12C.C[C@@]1(O)CC[C@@]2(C)[C@H](CC[C@@H]3[C@@H]2CC[C@]2(C)[C@@H](C(=O)c4ccc5ccccc5c4)CC[C@@H]32)C1.[Br-].[Mg+2].[c-]1ccc2ccccc2c1. The van der Waals surface area contributed by atoms with Crippen LogP contribution in [0.4, 0.5) is 0 Å². The number of Topliss-reactive ketones (excluding diaryl/α,β-unsaturated/α-hetero) is 1. The Morgan fingerprint density at radius 3 is 1.51 bits per heavy atom. The first kappa shape index (κ1) is 63.5. The number of fused-ring (bicyclic) bond motifs is 12. The number of amides is 1. The average molecular weight is 1100 g/mol. The first-order valence-electron chi connectivity index (χ1n) is 27.9. The molecule has 0 aromatic heterocycles. The maximum Gasteiger partial charge on any atom is 2.00 e. The van der Waals surface area contributed by atoms with Gasteiger partial charge in [0.05, 0.1) is 18.3 Å². The molecule has 0 saturated heterocycles. The molecule has 4 aromatic rings. The van der Waals surface area contributed by atoms with Gasteiger partial charge in [-0.05, 0) is 215 Å². The van der Waals surface area contributed by atoms with Crippen molar-refractivity contribution in [2.45, 2.75) is 191 Å². The molecule has 0 radical (unpaired) electrons. The zero-order valence-corrected chi connectivity index (χ0v) is 48.2. The van der Waals surface area contributed by atoms with Crippen LogP contribution in [-0.4, -0.2) is 75.4 Å². The standard InChI is InChI=1S/C31H40O2.C23H39NO3.C10H7.3CH4.BrH.Mg/c1-29(33)16-17-30(2)23(19-29)10-11-24-25-12-13-27(31(25,3)15-14-26(24)30)28(32)22-9-8-20-6-4-5-7-21(20)18-22;1-21(26)12-13-22(2)15(14-21)6-7-16-17-8-9-19(20(25)24(4)27-5)23(17,3)11-10-18(16)22;1-2-6-10-8-4-3-7-9(10)5-1;;;;;/h4-9,18,23-27,33H,10-17,19H2,1-3H3;15-19,26H,6-14H2,1-5H3;1-3,5-8H;3*1H4;1H;/q;;-1;;;;;+2/p-1/t23-,24+,25+,26+,27-,29-,30+,31+;15-,16+,17+,18+,19-,21-,22+,23+;;;;;;/m11....../s1. The second kappa shape index (κ2) is 24.2. The van der Waals surface area contributed by atoms with Gasteiger partial charge in [-0.2, -0.15) is 24.3 Å². The van der Waals surface area contributed by atoms with Gasteiger partial charge in [0.2, 0.25) is 5.91 Å². The number of hydrogen-bond donors (Lipinski definition) is 2. The molecule has 410 valence electrons. The van der Waals surface area contributed by atoms with E-state index in [4.69, 9.17) is 4.84 Å². The molecule has 0 spiro atoms. The molecule has 8 heteroatoms. The Balaban J connectivity index is 0.000000224. The van der Waals surface area contributed by atoms with Gasteiger partial charge in [-0.3, -0.25) is 14.4 Å². The summed E-state index contributed by atoms with van der Waals surface area (Å²) in [5, 5.41) is 27.7. The van der Waals surface area contributed by atoms with Crippen LogP contribution < -0.4 is 17.0 Å². The Bertz CT molecular complexity index is 2500. The zero-order valence-electron chi connectivity index (χ0n) is 45.2. The van der Waals surface area contributed by atoms with Crippen LogP contribution in [-0.2, 0) is 9.63 Å². The summed E-state index contributed by atoms with van der Waals surface area (Å²) in [5.41, 5.74) is 1.03. The second-order valence-electron chi connectivity index (χ2n) is 26.3. The Labute approximate surface area is 482 Å². The van der Waals surface area contributed by atoms with Gasteiger partial charge in [0.15, 0.2) is 5.78 Å². The van der Waals surface area contributed by atoms with Crippen molar-refractivity contribution in [1.29, 1.82) is 0 Å². The predicted octanol–water partition coefficient (Wildman–Crippen LogP) is 13.0. The minimum Gasteiger partial charge on any atom is -1.00 e. The maximum atomic E-state index is 13.8. The van der Waals surface area contributed by atoms with E-state index in [0.29, 0.717) is 40.3 Å². The molecule has 0 heterocycles. The minimum absolute atomic E-state index is 0. The summed E-state index contributed by atoms with van der Waals surface area (Å²) in [7, 11) is 3.34. The molecule has 75 heavy (non-hydrogen) atoms. The van der Waals surface area contributed by atoms with Crippen molar-refractivity contribution in [2.24, 2.45) is 80.8 Å². The molecule has 8 aliphatic rings. The monoisotopic (exact) mass is 1100 g/mol. The van der Waals surface area contributed by atoms with Crippen molar-refractivity contribution in [2.75, 3.05) is 14.2 Å². The Hall–Kier alpha value is -2.33. The van der Waals surface area contributed by atoms with Crippen molar-refractivity contribution in [3.8, 4) is 0 Å². The van der Waals surface area contributed by atoms with E-state index in [9.17, 15) is 19.8 Å². The van der Waals surface area contributed by atoms with Crippen molar-refractivity contribution >= 4 is 56.3 Å². The van der Waals surface area contributed by atoms with Gasteiger partial charge in [0.1, 0.15) is 0 Å². The van der Waals surface area contributed by atoms with Crippen LogP contribution in [0.5, 0.6) is 0 Å². The summed E-state index contributed by atoms with van der Waals surface area (Å²) in [6, 6.07) is 32.0. The molecule has 0 aliphatic heterocycles. The number of hydroxylamine groups is 2. The number of halogens is 1. The van der Waals surface area contributed by atoms with E-state index in [1.165, 1.54) is 104 Å². The van der Waals surface area contributed by atoms with Crippen LogP contribution in [0, 0.1) is 86.9 Å². The van der Waals surface area contributed by atoms with Crippen molar-refractivity contribution < 1.29 is 41.6 Å². The fourth-order valence-electron chi connectivity index (χ4n) is 18.6. The molecular weight excluding hydrogens is 1000 g/mol. The number of hydrogen-bond acceptors (Lipinski definition) is 5. The number of aliphatic hydroxyl groups is 2. The van der Waals surface area contributed by atoms with Crippen LogP contribution in [0.25, 0.3) is 21.5 Å². The maximum absolute atomic E-state index is 13.8. The molecule has 12 rings (SSSR count). The number of nitrogens with zero attached hydrogens (tertiary/aromatic N) is 1. The number of rotatable bonds is 4. The predicted molar refractivity (Wildman–Crippen MR) is 308 cm³/mol. The fourth-order valence-corrected chi connectivity index (χ4v) is 18.6. The number of carbonyl (C=O) groups excluding carboxylic acids is 2. The molecule has 4 aromatic carbocycles. The van der Waals surface area contributed by atoms with Gasteiger partial charge in [-0.1, -0.05) is 105 Å². The van der Waals surface area contributed by atoms with Crippen LogP contribution in [0.1, 0.15) is 190 Å². The average Bonchev–Trinajstić information content (AvgIpc) is 3.90. The van der Waals surface area contributed by atoms with Gasteiger partial charge in [-0.15, -0.1) is 16.8 Å². The van der Waals surface area contributed by atoms with Crippen molar-refractivity contribution in [3.63, 3.8) is 0 Å². The van der Waals surface area contributed by atoms with Gasteiger partial charge in [0, 0.05) is 24.4 Å². The molecule has 2 N–H and O–H groups in total. The number of benzene rings is 4. The Morgan fingerprint density at radius 2 is 1.00 bits per heavy atom. The minimum atomic E-state index is -0.467. The van der Waals surface area contributed by atoms with Crippen molar-refractivity contribution in [3.05, 3.63) is 96.6 Å². The third kappa shape index (κ3) is 11.5. The Kier molecular flexibility index (Phi) is 20.5. The zero-order chi connectivity index (χ0) is 49.4. The quantitative estimate of drug-likeness (QED) is 0.0920. The van der Waals surface area contributed by atoms with Crippen LogP contribution in [0.2, 0.25) is 0 Å². The second-order valence-corrected chi connectivity index (χ2v) is 26.3. The van der Waals surface area contributed by atoms with E-state index in [0.717, 1.165) is 67.8 Å². The summed E-state index contributed by atoms with van der Waals surface area (Å²) >= 11 is 0. The third-order valence-corrected chi connectivity index (χ3v) is 22.7. The van der Waals surface area contributed by atoms with Crippen LogP contribution in [0.15, 0.2) is 84.9 Å². The molecule has 0 bridgehead atoms. The van der Waals surface area contributed by atoms with Crippen LogP contribution >= 0.6 is 0 Å². The molecular formula is C67H98BrMgNO5. The van der Waals surface area contributed by atoms with Crippen molar-refractivity contribution in [1.82, 2.24) is 5.06 Å². The molecule has 8 saturated carbocycles. The van der Waals surface area contributed by atoms with E-state index in [1.807, 2.05) is 31.2 Å². The fraction of sp³-hybridized carbons (Fsp3) is 0.672. The van der Waals surface area contributed by atoms with E-state index in [1.54, 1.807) is 14.2 Å².